The van der Waals surface area contributed by atoms with Crippen LogP contribution in [0.1, 0.15) is 29.8 Å². The molecule has 0 aliphatic carbocycles. The van der Waals surface area contributed by atoms with Crippen molar-refractivity contribution in [2.45, 2.75) is 31.3 Å². The van der Waals surface area contributed by atoms with E-state index in [-0.39, 0.29) is 41.3 Å². The second kappa shape index (κ2) is 10.0. The highest BCUT2D eigenvalue weighted by molar-refractivity contribution is 7.89. The Morgan fingerprint density at radius 1 is 1.03 bits per heavy atom. The van der Waals surface area contributed by atoms with Crippen LogP contribution in [0.2, 0.25) is 0 Å². The van der Waals surface area contributed by atoms with Gasteiger partial charge in [-0.15, -0.1) is 0 Å². The molecule has 0 heterocycles. The predicted molar refractivity (Wildman–Crippen MR) is 107 cm³/mol. The highest BCUT2D eigenvalue weighted by Gasteiger charge is 2.18. The second-order valence-electron chi connectivity index (χ2n) is 6.47. The summed E-state index contributed by atoms with van der Waals surface area (Å²) in [7, 11) is -2.37. The van der Waals surface area contributed by atoms with Gasteiger partial charge in [-0.1, -0.05) is 24.3 Å². The zero-order valence-electron chi connectivity index (χ0n) is 16.5. The molecule has 8 nitrogen and oxygen atoms in total. The molecule has 0 aliphatic heterocycles. The molecule has 0 saturated heterocycles. The van der Waals surface area contributed by atoms with Gasteiger partial charge in [0.1, 0.15) is 10.6 Å². The number of sulfonamides is 1. The first-order valence-corrected chi connectivity index (χ1v) is 10.4. The molecule has 1 amide bonds. The summed E-state index contributed by atoms with van der Waals surface area (Å²) in [6.07, 6.45) is 0. The average Bonchev–Trinajstić information content (AvgIpc) is 2.70. The fraction of sp³-hybridized carbons (Fsp3) is 0.300. The van der Waals surface area contributed by atoms with Gasteiger partial charge in [-0.3, -0.25) is 4.79 Å². The Kier molecular flexibility index (Phi) is 7.74. The number of methoxy groups -OCH3 is 1. The number of esters is 1. The first kappa shape index (κ1) is 22.4. The second-order valence-corrected chi connectivity index (χ2v) is 8.21. The molecule has 0 atom stereocenters. The highest BCUT2D eigenvalue weighted by Crippen LogP contribution is 2.22. The summed E-state index contributed by atoms with van der Waals surface area (Å²) in [5.41, 5.74) is 0.913. The zero-order chi connectivity index (χ0) is 21.4. The van der Waals surface area contributed by atoms with Gasteiger partial charge in [-0.05, 0) is 43.7 Å². The van der Waals surface area contributed by atoms with E-state index in [4.69, 9.17) is 9.47 Å². The fourth-order valence-electron chi connectivity index (χ4n) is 2.43. The first-order valence-electron chi connectivity index (χ1n) is 8.91. The van der Waals surface area contributed by atoms with Gasteiger partial charge in [-0.25, -0.2) is 17.9 Å². The molecule has 0 aromatic heterocycles. The summed E-state index contributed by atoms with van der Waals surface area (Å²) in [6, 6.07) is 12.5. The van der Waals surface area contributed by atoms with E-state index < -0.39 is 16.0 Å². The van der Waals surface area contributed by atoms with Crippen LogP contribution in [0.4, 0.5) is 0 Å². The van der Waals surface area contributed by atoms with Crippen molar-refractivity contribution in [1.82, 2.24) is 10.0 Å². The number of hydrogen-bond donors (Lipinski definition) is 2. The Bertz CT molecular complexity index is 955. The molecule has 2 aromatic rings. The van der Waals surface area contributed by atoms with E-state index >= 15 is 0 Å². The molecule has 2 N–H and O–H groups in total. The number of nitrogens with one attached hydrogen (secondary N) is 2. The third kappa shape index (κ3) is 6.58. The van der Waals surface area contributed by atoms with Gasteiger partial charge in [0, 0.05) is 12.6 Å². The van der Waals surface area contributed by atoms with E-state index in [1.54, 1.807) is 44.2 Å². The maximum atomic E-state index is 12.5. The van der Waals surface area contributed by atoms with Gasteiger partial charge in [0.05, 0.1) is 12.7 Å². The van der Waals surface area contributed by atoms with Gasteiger partial charge >= 0.3 is 5.97 Å². The topological polar surface area (TPSA) is 111 Å². The molecule has 0 bridgehead atoms. The van der Waals surface area contributed by atoms with Crippen molar-refractivity contribution in [2.24, 2.45) is 0 Å². The summed E-state index contributed by atoms with van der Waals surface area (Å²) in [4.78, 5) is 23.6. The Morgan fingerprint density at radius 3 is 2.31 bits per heavy atom. The van der Waals surface area contributed by atoms with Gasteiger partial charge in [0.25, 0.3) is 5.91 Å². The number of carbonyl (C=O) groups is 2. The van der Waals surface area contributed by atoms with Crippen LogP contribution >= 0.6 is 0 Å². The van der Waals surface area contributed by atoms with Gasteiger partial charge in [0.2, 0.25) is 10.0 Å². The van der Waals surface area contributed by atoms with Crippen LogP contribution in [0.3, 0.4) is 0 Å². The zero-order valence-corrected chi connectivity index (χ0v) is 17.3. The van der Waals surface area contributed by atoms with Gasteiger partial charge < -0.3 is 14.8 Å². The quantitative estimate of drug-likeness (QED) is 0.599. The predicted octanol–water partition coefficient (Wildman–Crippen LogP) is 1.86. The lowest BCUT2D eigenvalue weighted by Crippen LogP contribution is -2.33. The third-order valence-electron chi connectivity index (χ3n) is 3.80. The minimum Gasteiger partial charge on any atom is -0.495 e. The van der Waals surface area contributed by atoms with E-state index in [1.807, 2.05) is 0 Å². The van der Waals surface area contributed by atoms with Crippen LogP contribution in [0, 0.1) is 0 Å². The third-order valence-corrected chi connectivity index (χ3v) is 5.24. The van der Waals surface area contributed by atoms with Gasteiger partial charge in [0.15, 0.2) is 6.61 Å². The van der Waals surface area contributed by atoms with Crippen LogP contribution < -0.4 is 14.8 Å². The molecule has 2 rings (SSSR count). The number of para-hydroxylation sites is 1. The van der Waals surface area contributed by atoms with Crippen LogP contribution in [0.5, 0.6) is 5.75 Å². The number of amides is 1. The number of rotatable bonds is 9. The summed E-state index contributed by atoms with van der Waals surface area (Å²) in [6.45, 7) is 3.28. The molecule has 156 valence electrons. The molecule has 2 aromatic carbocycles. The summed E-state index contributed by atoms with van der Waals surface area (Å²) >= 11 is 0. The monoisotopic (exact) mass is 420 g/mol. The molecule has 0 radical (unpaired) electrons. The lowest BCUT2D eigenvalue weighted by molar-refractivity contribution is -0.124. The van der Waals surface area contributed by atoms with Crippen LogP contribution in [-0.2, 0) is 26.1 Å². The van der Waals surface area contributed by atoms with Crippen LogP contribution in [0.15, 0.2) is 53.4 Å². The van der Waals surface area contributed by atoms with E-state index in [0.29, 0.717) is 5.56 Å². The molecular formula is C20H24N2O6S. The maximum Gasteiger partial charge on any atom is 0.338 e. The Balaban J connectivity index is 1.95. The molecule has 0 saturated carbocycles. The van der Waals surface area contributed by atoms with Crippen molar-refractivity contribution in [2.75, 3.05) is 13.7 Å². The Hall–Kier alpha value is -2.91. The summed E-state index contributed by atoms with van der Waals surface area (Å²) < 4.78 is 37.5. The largest absolute Gasteiger partial charge is 0.495 e. The van der Waals surface area contributed by atoms with Crippen molar-refractivity contribution < 1.29 is 27.5 Å². The number of hydrogen-bond acceptors (Lipinski definition) is 6. The smallest absolute Gasteiger partial charge is 0.338 e. The first-order chi connectivity index (χ1) is 13.7. The molecule has 0 aliphatic rings. The minimum atomic E-state index is -3.77. The van der Waals surface area contributed by atoms with Crippen LogP contribution in [-0.4, -0.2) is 40.1 Å². The molecule has 0 spiro atoms. The summed E-state index contributed by atoms with van der Waals surface area (Å²) in [5, 5.41) is 2.62. The molecule has 29 heavy (non-hydrogen) atoms. The Morgan fingerprint density at radius 2 is 1.69 bits per heavy atom. The molecular weight excluding hydrogens is 396 g/mol. The van der Waals surface area contributed by atoms with E-state index in [9.17, 15) is 18.0 Å². The van der Waals surface area contributed by atoms with Crippen molar-refractivity contribution in [3.8, 4) is 5.75 Å². The lowest BCUT2D eigenvalue weighted by Gasteiger charge is -2.11. The summed E-state index contributed by atoms with van der Waals surface area (Å²) in [5.74, 6) is -0.764. The molecule has 9 heteroatoms. The van der Waals surface area contributed by atoms with E-state index in [2.05, 4.69) is 10.0 Å². The Labute approximate surface area is 170 Å². The normalized spacial score (nSPS) is 11.2. The average molecular weight is 420 g/mol. The fourth-order valence-corrected chi connectivity index (χ4v) is 3.62. The number of ether oxygens (including phenoxy) is 2. The number of benzene rings is 2. The van der Waals surface area contributed by atoms with Crippen LogP contribution in [0.25, 0.3) is 0 Å². The molecule has 0 fully saturated rings. The van der Waals surface area contributed by atoms with E-state index in [1.165, 1.54) is 25.3 Å². The van der Waals surface area contributed by atoms with Crippen molar-refractivity contribution in [1.29, 1.82) is 0 Å². The van der Waals surface area contributed by atoms with Crippen molar-refractivity contribution in [3.63, 3.8) is 0 Å². The minimum absolute atomic E-state index is 0.0342. The van der Waals surface area contributed by atoms with Crippen molar-refractivity contribution >= 4 is 21.9 Å². The van der Waals surface area contributed by atoms with Gasteiger partial charge in [-0.2, -0.15) is 0 Å². The lowest BCUT2D eigenvalue weighted by atomic mass is 10.1. The highest BCUT2D eigenvalue weighted by atomic mass is 32.2. The standard InChI is InChI=1S/C20H24N2O6S/c1-14(2)22-19(23)13-28-20(24)16-10-8-15(9-11-16)12-21-29(25,26)18-7-5-4-6-17(18)27-3/h4-11,14,21H,12-13H2,1-3H3,(H,22,23). The maximum absolute atomic E-state index is 12.5. The van der Waals surface area contributed by atoms with Crippen molar-refractivity contribution in [3.05, 3.63) is 59.7 Å². The molecule has 0 unspecified atom stereocenters. The number of carbonyl (C=O) groups excluding carboxylic acids is 2. The SMILES string of the molecule is COc1ccccc1S(=O)(=O)NCc1ccc(C(=O)OCC(=O)NC(C)C)cc1. The van der Waals surface area contributed by atoms with E-state index in [0.717, 1.165) is 0 Å².